The Morgan fingerprint density at radius 1 is 1.12 bits per heavy atom. The van der Waals surface area contributed by atoms with Gasteiger partial charge < -0.3 is 0 Å². The van der Waals surface area contributed by atoms with E-state index in [1.54, 1.807) is 0 Å². The molecule has 0 heterocycles. The molecule has 0 radical (unpaired) electrons. The zero-order valence-electron chi connectivity index (χ0n) is 9.83. The summed E-state index contributed by atoms with van der Waals surface area (Å²) in [4.78, 5) is 0. The topological polar surface area (TPSA) is 0 Å². The Kier molecular flexibility index (Phi) is 2.91. The first-order chi connectivity index (χ1) is 7.77. The molecule has 0 heteroatoms. The van der Waals surface area contributed by atoms with E-state index in [4.69, 9.17) is 0 Å². The van der Waals surface area contributed by atoms with Crippen LogP contribution in [0.5, 0.6) is 0 Å². The van der Waals surface area contributed by atoms with Crippen LogP contribution in [0, 0.1) is 6.92 Å². The fourth-order valence-corrected chi connectivity index (χ4v) is 2.13. The first-order valence-corrected chi connectivity index (χ1v) is 5.55. The molecular formula is C16H16. The highest BCUT2D eigenvalue weighted by molar-refractivity contribution is 5.97. The summed E-state index contributed by atoms with van der Waals surface area (Å²) in [7, 11) is 0. The third-order valence-corrected chi connectivity index (χ3v) is 2.96. The fourth-order valence-electron chi connectivity index (χ4n) is 2.13. The fraction of sp³-hybridized carbons (Fsp3) is 0.125. The van der Waals surface area contributed by atoms with Crippen LogP contribution in [-0.2, 0) is 0 Å². The van der Waals surface area contributed by atoms with Crippen molar-refractivity contribution in [2.75, 3.05) is 0 Å². The molecule has 2 rings (SSSR count). The monoisotopic (exact) mass is 208 g/mol. The maximum atomic E-state index is 3.89. The lowest BCUT2D eigenvalue weighted by Crippen LogP contribution is -1.88. The molecule has 0 nitrogen and oxygen atoms in total. The molecule has 0 spiro atoms. The molecule has 0 aliphatic carbocycles. The third-order valence-electron chi connectivity index (χ3n) is 2.96. The molecule has 0 N–H and O–H groups in total. The average Bonchev–Trinajstić information content (AvgIpc) is 2.33. The van der Waals surface area contributed by atoms with Crippen molar-refractivity contribution in [3.63, 3.8) is 0 Å². The molecule has 2 aromatic rings. The molecule has 0 amide bonds. The van der Waals surface area contributed by atoms with Gasteiger partial charge in [0, 0.05) is 0 Å². The summed E-state index contributed by atoms with van der Waals surface area (Å²) in [6.45, 7) is 8.09. The summed E-state index contributed by atoms with van der Waals surface area (Å²) in [5.41, 5.74) is 3.80. The molecule has 0 atom stereocenters. The smallest absolute Gasteiger partial charge is 0.00796 e. The van der Waals surface area contributed by atoms with Crippen LogP contribution in [0.1, 0.15) is 18.1 Å². The highest BCUT2D eigenvalue weighted by Gasteiger charge is 2.06. The Labute approximate surface area is 96.9 Å². The predicted octanol–water partition coefficient (Wildman–Crippen LogP) is 4.74. The molecule has 0 saturated heterocycles. The number of allylic oxidation sites excluding steroid dienone is 3. The van der Waals surface area contributed by atoms with E-state index < -0.39 is 0 Å². The summed E-state index contributed by atoms with van der Waals surface area (Å²) >= 11 is 0. The zero-order chi connectivity index (χ0) is 11.5. The maximum Gasteiger partial charge on any atom is -0.00796 e. The first kappa shape index (κ1) is 10.7. The van der Waals surface area contributed by atoms with E-state index in [9.17, 15) is 0 Å². The van der Waals surface area contributed by atoms with Crippen molar-refractivity contribution >= 4 is 16.3 Å². The van der Waals surface area contributed by atoms with Gasteiger partial charge in [-0.15, -0.1) is 0 Å². The molecule has 0 aliphatic heterocycles. The van der Waals surface area contributed by atoms with Crippen molar-refractivity contribution in [3.8, 4) is 0 Å². The van der Waals surface area contributed by atoms with Crippen LogP contribution in [0.3, 0.4) is 0 Å². The molecule has 80 valence electrons. The maximum absolute atomic E-state index is 3.89. The van der Waals surface area contributed by atoms with Crippen LogP contribution in [0.4, 0.5) is 0 Å². The minimum Gasteiger partial charge on any atom is -0.0985 e. The third kappa shape index (κ3) is 1.67. The summed E-state index contributed by atoms with van der Waals surface area (Å²) in [5, 5.41) is 2.58. The number of hydrogen-bond acceptors (Lipinski definition) is 0. The number of benzene rings is 2. The van der Waals surface area contributed by atoms with E-state index >= 15 is 0 Å². The second-order valence-electron chi connectivity index (χ2n) is 3.93. The van der Waals surface area contributed by atoms with Crippen molar-refractivity contribution in [2.45, 2.75) is 13.8 Å². The minimum absolute atomic E-state index is 1.20. The van der Waals surface area contributed by atoms with Gasteiger partial charge in [0.1, 0.15) is 0 Å². The van der Waals surface area contributed by atoms with Crippen LogP contribution < -0.4 is 0 Å². The molecule has 0 fully saturated rings. The van der Waals surface area contributed by atoms with Gasteiger partial charge in [-0.1, -0.05) is 55.1 Å². The van der Waals surface area contributed by atoms with E-state index in [1.165, 1.54) is 27.5 Å². The second kappa shape index (κ2) is 4.36. The highest BCUT2D eigenvalue weighted by Crippen LogP contribution is 2.28. The van der Waals surface area contributed by atoms with Crippen LogP contribution in [0.25, 0.3) is 16.3 Å². The van der Waals surface area contributed by atoms with Gasteiger partial charge in [-0.25, -0.2) is 0 Å². The van der Waals surface area contributed by atoms with E-state index in [0.717, 1.165) is 0 Å². The minimum atomic E-state index is 1.20. The SMILES string of the molecule is C=C/C(=C\C)c1c(C)ccc2ccccc12. The van der Waals surface area contributed by atoms with Crippen LogP contribution in [0.2, 0.25) is 0 Å². The molecule has 0 saturated carbocycles. The summed E-state index contributed by atoms with van der Waals surface area (Å²) < 4.78 is 0. The average molecular weight is 208 g/mol. The molecule has 0 aliphatic rings. The van der Waals surface area contributed by atoms with Gasteiger partial charge in [0.2, 0.25) is 0 Å². The standard InChI is InChI=1S/C16H16/c1-4-13(5-2)16-12(3)10-11-14-8-6-7-9-15(14)16/h4-11H,1H2,2-3H3/b13-5+. The van der Waals surface area contributed by atoms with Crippen molar-refractivity contribution in [2.24, 2.45) is 0 Å². The molecule has 0 aromatic heterocycles. The lowest BCUT2D eigenvalue weighted by molar-refractivity contribution is 1.46. The number of aryl methyl sites for hydroxylation is 1. The summed E-state index contributed by atoms with van der Waals surface area (Å²) in [6.07, 6.45) is 4.04. The summed E-state index contributed by atoms with van der Waals surface area (Å²) in [5.74, 6) is 0. The lowest BCUT2D eigenvalue weighted by atomic mass is 9.94. The summed E-state index contributed by atoms with van der Waals surface area (Å²) in [6, 6.07) is 12.8. The Morgan fingerprint density at radius 3 is 2.56 bits per heavy atom. The largest absolute Gasteiger partial charge is 0.0985 e. The number of hydrogen-bond donors (Lipinski definition) is 0. The Hall–Kier alpha value is -1.82. The Morgan fingerprint density at radius 2 is 1.88 bits per heavy atom. The van der Waals surface area contributed by atoms with E-state index in [0.29, 0.717) is 0 Å². The van der Waals surface area contributed by atoms with Gasteiger partial charge in [0.15, 0.2) is 0 Å². The lowest BCUT2D eigenvalue weighted by Gasteiger charge is -2.11. The van der Waals surface area contributed by atoms with Gasteiger partial charge in [0.05, 0.1) is 0 Å². The van der Waals surface area contributed by atoms with Crippen molar-refractivity contribution < 1.29 is 0 Å². The van der Waals surface area contributed by atoms with E-state index in [2.05, 4.69) is 62.9 Å². The first-order valence-electron chi connectivity index (χ1n) is 5.55. The second-order valence-corrected chi connectivity index (χ2v) is 3.93. The predicted molar refractivity (Wildman–Crippen MR) is 72.5 cm³/mol. The number of rotatable bonds is 2. The van der Waals surface area contributed by atoms with E-state index in [-0.39, 0.29) is 0 Å². The number of fused-ring (bicyclic) bond motifs is 1. The van der Waals surface area contributed by atoms with Gasteiger partial charge in [0.25, 0.3) is 0 Å². The van der Waals surface area contributed by atoms with Crippen LogP contribution in [-0.4, -0.2) is 0 Å². The van der Waals surface area contributed by atoms with Crippen molar-refractivity contribution in [3.05, 3.63) is 66.3 Å². The van der Waals surface area contributed by atoms with Crippen molar-refractivity contribution in [1.29, 1.82) is 0 Å². The molecule has 0 unspecified atom stereocenters. The van der Waals surface area contributed by atoms with E-state index in [1.807, 2.05) is 6.08 Å². The van der Waals surface area contributed by atoms with Gasteiger partial charge >= 0.3 is 0 Å². The van der Waals surface area contributed by atoms with Gasteiger partial charge in [-0.05, 0) is 41.3 Å². The highest BCUT2D eigenvalue weighted by atomic mass is 14.1. The van der Waals surface area contributed by atoms with Crippen LogP contribution >= 0.6 is 0 Å². The zero-order valence-corrected chi connectivity index (χ0v) is 9.83. The van der Waals surface area contributed by atoms with Crippen molar-refractivity contribution in [1.82, 2.24) is 0 Å². The normalized spacial score (nSPS) is 11.8. The molecule has 0 bridgehead atoms. The van der Waals surface area contributed by atoms with Gasteiger partial charge in [-0.3, -0.25) is 0 Å². The van der Waals surface area contributed by atoms with Gasteiger partial charge in [-0.2, -0.15) is 0 Å². The Bertz CT molecular complexity index is 559. The molecular weight excluding hydrogens is 192 g/mol. The quantitative estimate of drug-likeness (QED) is 0.625. The Balaban J connectivity index is 2.85. The molecule has 16 heavy (non-hydrogen) atoms. The van der Waals surface area contributed by atoms with Crippen LogP contribution in [0.15, 0.2) is 55.1 Å². The molecule has 2 aromatic carbocycles.